The summed E-state index contributed by atoms with van der Waals surface area (Å²) in [5.41, 5.74) is 0. The molecule has 228 valence electrons. The predicted octanol–water partition coefficient (Wildman–Crippen LogP) is 3.29. The van der Waals surface area contributed by atoms with Crippen LogP contribution in [-0.4, -0.2) is 76.5 Å². The lowest BCUT2D eigenvalue weighted by Crippen LogP contribution is -2.64. The summed E-state index contributed by atoms with van der Waals surface area (Å²) in [7, 11) is 0. The Hall–Kier alpha value is -2.82. The van der Waals surface area contributed by atoms with E-state index in [-0.39, 0.29) is 12.3 Å². The Morgan fingerprint density at radius 1 is 0.829 bits per heavy atom. The van der Waals surface area contributed by atoms with Gasteiger partial charge in [-0.2, -0.15) is 0 Å². The number of hydrogen-bond donors (Lipinski definition) is 5. The summed E-state index contributed by atoms with van der Waals surface area (Å²) in [6, 6.07) is -2.01. The SMILES string of the molecule is CC/C=C\C/C=C\C/C=C\C/C=C\C/C=C\C/C=C\CCC(=O)N[C@@H]1C(=O)NC2[C@H](OC1C)OC(CO)[C@@H](O)[C@H]2O. The van der Waals surface area contributed by atoms with Crippen molar-refractivity contribution in [1.29, 1.82) is 0 Å². The van der Waals surface area contributed by atoms with Crippen molar-refractivity contribution in [2.24, 2.45) is 0 Å². The molecule has 41 heavy (non-hydrogen) atoms. The fourth-order valence-electron chi connectivity index (χ4n) is 4.39. The quantitative estimate of drug-likeness (QED) is 0.179. The minimum atomic E-state index is -1.38. The molecule has 0 aliphatic carbocycles. The van der Waals surface area contributed by atoms with E-state index in [1.165, 1.54) is 0 Å². The average Bonchev–Trinajstić information content (AvgIpc) is 3.07. The van der Waals surface area contributed by atoms with Gasteiger partial charge in [-0.1, -0.05) is 79.8 Å². The fraction of sp³-hybridized carbons (Fsp3) is 0.562. The Morgan fingerprint density at radius 2 is 1.34 bits per heavy atom. The van der Waals surface area contributed by atoms with Crippen LogP contribution in [-0.2, 0) is 19.1 Å². The molecule has 0 radical (unpaired) electrons. The number of nitrogens with one attached hydrogen (secondary N) is 2. The van der Waals surface area contributed by atoms with Crippen LogP contribution >= 0.6 is 0 Å². The van der Waals surface area contributed by atoms with E-state index >= 15 is 0 Å². The third kappa shape index (κ3) is 12.7. The van der Waals surface area contributed by atoms with Crippen molar-refractivity contribution >= 4 is 11.8 Å². The number of amides is 2. The number of fused-ring (bicyclic) bond motifs is 1. The van der Waals surface area contributed by atoms with Gasteiger partial charge >= 0.3 is 0 Å². The second-order valence-electron chi connectivity index (χ2n) is 10.1. The Kier molecular flexibility index (Phi) is 16.9. The van der Waals surface area contributed by atoms with E-state index in [1.807, 2.05) is 12.2 Å². The zero-order valence-electron chi connectivity index (χ0n) is 24.3. The summed E-state index contributed by atoms with van der Waals surface area (Å²) in [6.07, 6.45) is 26.2. The first-order valence-corrected chi connectivity index (χ1v) is 14.7. The summed E-state index contributed by atoms with van der Waals surface area (Å²) in [5, 5.41) is 35.1. The molecule has 0 aromatic carbocycles. The topological polar surface area (TPSA) is 137 Å². The molecule has 7 atom stereocenters. The lowest BCUT2D eigenvalue weighted by molar-refractivity contribution is -0.276. The molecule has 0 spiro atoms. The largest absolute Gasteiger partial charge is 0.394 e. The van der Waals surface area contributed by atoms with Crippen LogP contribution in [0, 0.1) is 0 Å². The lowest BCUT2D eigenvalue weighted by Gasteiger charge is -2.41. The van der Waals surface area contributed by atoms with Gasteiger partial charge in [-0.3, -0.25) is 9.59 Å². The van der Waals surface area contributed by atoms with Crippen LogP contribution in [0.1, 0.15) is 65.2 Å². The van der Waals surface area contributed by atoms with Gasteiger partial charge in [0.25, 0.3) is 0 Å². The Morgan fingerprint density at radius 3 is 1.85 bits per heavy atom. The van der Waals surface area contributed by atoms with E-state index in [1.54, 1.807) is 6.92 Å². The third-order valence-corrected chi connectivity index (χ3v) is 6.74. The number of rotatable bonds is 16. The van der Waals surface area contributed by atoms with Gasteiger partial charge in [-0.15, -0.1) is 0 Å². The molecule has 2 rings (SSSR count). The molecule has 2 aliphatic heterocycles. The molecule has 0 aromatic rings. The molecule has 2 fully saturated rings. The van der Waals surface area contributed by atoms with Gasteiger partial charge in [0.2, 0.25) is 11.8 Å². The molecule has 2 saturated heterocycles. The molecule has 0 bridgehead atoms. The van der Waals surface area contributed by atoms with Gasteiger partial charge < -0.3 is 35.4 Å². The van der Waals surface area contributed by atoms with Crippen molar-refractivity contribution in [1.82, 2.24) is 10.6 Å². The van der Waals surface area contributed by atoms with Crippen LogP contribution in [0.4, 0.5) is 0 Å². The summed E-state index contributed by atoms with van der Waals surface area (Å²) in [5.74, 6) is -0.843. The van der Waals surface area contributed by atoms with Crippen LogP contribution in [0.2, 0.25) is 0 Å². The Labute approximate surface area is 244 Å². The number of aliphatic hydroxyl groups excluding tert-OH is 3. The number of ether oxygens (including phenoxy) is 2. The smallest absolute Gasteiger partial charge is 0.245 e. The molecule has 0 saturated carbocycles. The van der Waals surface area contributed by atoms with Crippen LogP contribution < -0.4 is 10.6 Å². The van der Waals surface area contributed by atoms with E-state index in [0.717, 1.165) is 38.5 Å². The first-order valence-electron chi connectivity index (χ1n) is 14.7. The highest BCUT2D eigenvalue weighted by atomic mass is 16.7. The number of aliphatic hydroxyl groups is 3. The Bertz CT molecular complexity index is 956. The third-order valence-electron chi connectivity index (χ3n) is 6.74. The highest BCUT2D eigenvalue weighted by Gasteiger charge is 2.49. The summed E-state index contributed by atoms with van der Waals surface area (Å²) >= 11 is 0. The molecule has 2 amide bonds. The maximum absolute atomic E-state index is 12.7. The molecular weight excluding hydrogens is 524 g/mol. The zero-order valence-corrected chi connectivity index (χ0v) is 24.3. The molecule has 3 unspecified atom stereocenters. The van der Waals surface area contributed by atoms with Gasteiger partial charge in [-0.25, -0.2) is 0 Å². The molecule has 0 aromatic heterocycles. The normalized spacial score (nSPS) is 29.3. The van der Waals surface area contributed by atoms with Crippen molar-refractivity contribution in [3.8, 4) is 0 Å². The number of hydrogen-bond acceptors (Lipinski definition) is 7. The van der Waals surface area contributed by atoms with Gasteiger partial charge in [0.1, 0.15) is 30.4 Å². The summed E-state index contributed by atoms with van der Waals surface area (Å²) in [6.45, 7) is 3.24. The van der Waals surface area contributed by atoms with E-state index in [9.17, 15) is 24.9 Å². The molecule has 5 N–H and O–H groups in total. The summed E-state index contributed by atoms with van der Waals surface area (Å²) in [4.78, 5) is 25.2. The molecule has 9 nitrogen and oxygen atoms in total. The van der Waals surface area contributed by atoms with Crippen molar-refractivity contribution in [3.05, 3.63) is 72.9 Å². The van der Waals surface area contributed by atoms with Crippen LogP contribution in [0.5, 0.6) is 0 Å². The molecule has 2 heterocycles. The van der Waals surface area contributed by atoms with Crippen molar-refractivity contribution in [2.45, 2.75) is 108 Å². The lowest BCUT2D eigenvalue weighted by atomic mass is 9.97. The van der Waals surface area contributed by atoms with E-state index in [4.69, 9.17) is 9.47 Å². The molecule has 2 aliphatic rings. The first-order chi connectivity index (χ1) is 19.9. The number of allylic oxidation sites excluding steroid dienone is 12. The van der Waals surface area contributed by atoms with Crippen LogP contribution in [0.15, 0.2) is 72.9 Å². The van der Waals surface area contributed by atoms with Gasteiger partial charge in [0.05, 0.1) is 12.7 Å². The molecule has 9 heteroatoms. The number of carbonyl (C=O) groups excluding carboxylic acids is 2. The minimum absolute atomic E-state index is 0.204. The Balaban J connectivity index is 1.61. The second kappa shape index (κ2) is 20.1. The standard InChI is InChI=1S/C32H48N2O7/c1-3-4-5-6-7-8-9-10-11-12-13-14-15-16-17-18-19-20-21-22-26(36)33-27-24(2)40-32-28(34-31(27)39)30(38)29(37)25(23-35)41-32/h4-5,7-8,10-11,13-14,16-17,19-20,24-25,27-30,32,35,37-38H,3,6,9,12,15,18,21-23H2,1-2H3,(H,33,36)(H,34,39)/b5-4-,8-7-,11-10-,14-13-,17-16-,20-19-/t24?,25?,27-,28?,29+,30-,32+/m0/s1. The van der Waals surface area contributed by atoms with Crippen molar-refractivity contribution in [2.75, 3.05) is 6.61 Å². The molecular formula is C32H48N2O7. The fourth-order valence-corrected chi connectivity index (χ4v) is 4.39. The van der Waals surface area contributed by atoms with Gasteiger partial charge in [-0.05, 0) is 51.9 Å². The van der Waals surface area contributed by atoms with Crippen LogP contribution in [0.3, 0.4) is 0 Å². The average molecular weight is 573 g/mol. The van der Waals surface area contributed by atoms with E-state index in [2.05, 4.69) is 78.3 Å². The predicted molar refractivity (Wildman–Crippen MR) is 160 cm³/mol. The highest BCUT2D eigenvalue weighted by Crippen LogP contribution is 2.25. The van der Waals surface area contributed by atoms with E-state index < -0.39 is 55.3 Å². The summed E-state index contributed by atoms with van der Waals surface area (Å²) < 4.78 is 11.3. The van der Waals surface area contributed by atoms with Gasteiger partial charge in [0, 0.05) is 6.42 Å². The maximum atomic E-state index is 12.7. The highest BCUT2D eigenvalue weighted by molar-refractivity contribution is 5.88. The van der Waals surface area contributed by atoms with Gasteiger partial charge in [0.15, 0.2) is 6.29 Å². The zero-order chi connectivity index (χ0) is 29.9. The van der Waals surface area contributed by atoms with Crippen molar-refractivity contribution in [3.63, 3.8) is 0 Å². The first kappa shape index (κ1) is 34.4. The van der Waals surface area contributed by atoms with Crippen molar-refractivity contribution < 1.29 is 34.4 Å². The van der Waals surface area contributed by atoms with E-state index in [0.29, 0.717) is 6.42 Å². The monoisotopic (exact) mass is 572 g/mol. The van der Waals surface area contributed by atoms with Crippen LogP contribution in [0.25, 0.3) is 0 Å². The maximum Gasteiger partial charge on any atom is 0.245 e. The number of carbonyl (C=O) groups is 2. The minimum Gasteiger partial charge on any atom is -0.394 e. The second-order valence-corrected chi connectivity index (χ2v) is 10.1.